The van der Waals surface area contributed by atoms with Crippen LogP contribution >= 0.6 is 11.6 Å². The Morgan fingerprint density at radius 2 is 1.73 bits per heavy atom. The summed E-state index contributed by atoms with van der Waals surface area (Å²) in [4.78, 5) is 16.4. The van der Waals surface area contributed by atoms with Crippen LogP contribution in [0.15, 0.2) is 61.2 Å². The molecule has 0 bridgehead atoms. The zero-order valence-corrected chi connectivity index (χ0v) is 12.7. The van der Waals surface area contributed by atoms with Gasteiger partial charge in [-0.15, -0.1) is 0 Å². The van der Waals surface area contributed by atoms with Crippen LogP contribution in [-0.2, 0) is 0 Å². The summed E-state index contributed by atoms with van der Waals surface area (Å²) in [6.45, 7) is 1.96. The zero-order valence-electron chi connectivity index (χ0n) is 11.9. The number of pyridine rings is 4. The number of hydrogen-bond acceptors (Lipinski definition) is 4. The molecule has 0 aliphatic rings. The molecular formula is C17H13ClN4. The lowest BCUT2D eigenvalue weighted by atomic mass is 10.2. The van der Waals surface area contributed by atoms with Crippen LogP contribution < -0.4 is 0 Å². The maximum Gasteiger partial charge on any atom is 0.129 e. The van der Waals surface area contributed by atoms with Crippen molar-refractivity contribution < 1.29 is 0 Å². The Bertz CT molecular complexity index is 859. The van der Waals surface area contributed by atoms with Gasteiger partial charge in [0.1, 0.15) is 5.15 Å². The van der Waals surface area contributed by atoms with Crippen molar-refractivity contribution in [1.82, 2.24) is 19.9 Å². The molecule has 4 aromatic heterocycles. The van der Waals surface area contributed by atoms with E-state index < -0.39 is 0 Å². The predicted molar refractivity (Wildman–Crippen MR) is 88.8 cm³/mol. The number of rotatable bonds is 0. The third-order valence-electron chi connectivity index (χ3n) is 3.18. The molecule has 22 heavy (non-hydrogen) atoms. The van der Waals surface area contributed by atoms with E-state index in [1.807, 2.05) is 43.5 Å². The fourth-order valence-electron chi connectivity index (χ4n) is 2.09. The lowest BCUT2D eigenvalue weighted by molar-refractivity contribution is 1.22. The highest BCUT2D eigenvalue weighted by molar-refractivity contribution is 6.29. The maximum atomic E-state index is 5.74. The molecule has 0 saturated carbocycles. The average molecular weight is 309 g/mol. The van der Waals surface area contributed by atoms with Crippen LogP contribution in [0.4, 0.5) is 0 Å². The van der Waals surface area contributed by atoms with E-state index in [1.54, 1.807) is 24.7 Å². The monoisotopic (exact) mass is 308 g/mol. The molecule has 0 spiro atoms. The summed E-state index contributed by atoms with van der Waals surface area (Å²) in [5.41, 5.74) is 2.88. The summed E-state index contributed by atoms with van der Waals surface area (Å²) in [5.74, 6) is 0. The SMILES string of the molecule is Cc1nccc2nc(Cl)ccc12.c1cnc2ccncc2c1. The molecule has 0 atom stereocenters. The molecule has 5 heteroatoms. The molecule has 0 aliphatic carbocycles. The summed E-state index contributed by atoms with van der Waals surface area (Å²) in [5, 5.41) is 2.67. The van der Waals surface area contributed by atoms with Crippen molar-refractivity contribution in [3.8, 4) is 0 Å². The molecule has 0 unspecified atom stereocenters. The van der Waals surface area contributed by atoms with Crippen molar-refractivity contribution in [1.29, 1.82) is 0 Å². The van der Waals surface area contributed by atoms with Crippen molar-refractivity contribution in [3.05, 3.63) is 72.0 Å². The highest BCUT2D eigenvalue weighted by atomic mass is 35.5. The molecule has 0 fully saturated rings. The minimum Gasteiger partial charge on any atom is -0.264 e. The van der Waals surface area contributed by atoms with Crippen molar-refractivity contribution in [2.45, 2.75) is 6.92 Å². The van der Waals surface area contributed by atoms with E-state index in [2.05, 4.69) is 19.9 Å². The van der Waals surface area contributed by atoms with E-state index in [1.165, 1.54) is 0 Å². The van der Waals surface area contributed by atoms with Gasteiger partial charge in [-0.3, -0.25) is 15.0 Å². The van der Waals surface area contributed by atoms with Crippen molar-refractivity contribution in [2.75, 3.05) is 0 Å². The second-order valence-electron chi connectivity index (χ2n) is 4.67. The molecule has 4 rings (SSSR count). The largest absolute Gasteiger partial charge is 0.264 e. The first-order valence-electron chi connectivity index (χ1n) is 6.76. The fraction of sp³-hybridized carbons (Fsp3) is 0.0588. The minimum atomic E-state index is 0.521. The summed E-state index contributed by atoms with van der Waals surface area (Å²) >= 11 is 5.74. The summed E-state index contributed by atoms with van der Waals surface area (Å²) in [7, 11) is 0. The molecule has 0 N–H and O–H groups in total. The standard InChI is InChI=1S/C9H7ClN2.C8H6N2/c1-6-7-2-3-9(10)12-8(7)4-5-11-6;1-2-7-6-9-5-3-8(7)10-4-1/h2-5H,1H3;1-6H. The van der Waals surface area contributed by atoms with Gasteiger partial charge in [0.15, 0.2) is 0 Å². The Kier molecular flexibility index (Phi) is 4.21. The van der Waals surface area contributed by atoms with E-state index in [9.17, 15) is 0 Å². The van der Waals surface area contributed by atoms with E-state index in [0.717, 1.165) is 27.5 Å². The van der Waals surface area contributed by atoms with E-state index in [-0.39, 0.29) is 0 Å². The van der Waals surface area contributed by atoms with Crippen LogP contribution in [0.25, 0.3) is 21.8 Å². The van der Waals surface area contributed by atoms with Crippen LogP contribution in [0.5, 0.6) is 0 Å². The van der Waals surface area contributed by atoms with Crippen molar-refractivity contribution in [2.24, 2.45) is 0 Å². The number of aryl methyl sites for hydroxylation is 1. The van der Waals surface area contributed by atoms with Gasteiger partial charge >= 0.3 is 0 Å². The van der Waals surface area contributed by atoms with Gasteiger partial charge in [-0.05, 0) is 43.3 Å². The lowest BCUT2D eigenvalue weighted by Gasteiger charge is -1.99. The molecule has 0 aromatic carbocycles. The topological polar surface area (TPSA) is 51.6 Å². The van der Waals surface area contributed by atoms with Gasteiger partial charge in [0, 0.05) is 41.3 Å². The lowest BCUT2D eigenvalue weighted by Crippen LogP contribution is -1.85. The van der Waals surface area contributed by atoms with E-state index in [4.69, 9.17) is 11.6 Å². The van der Waals surface area contributed by atoms with Gasteiger partial charge < -0.3 is 0 Å². The molecule has 0 amide bonds. The fourth-order valence-corrected chi connectivity index (χ4v) is 2.24. The average Bonchev–Trinajstić information content (AvgIpc) is 2.56. The summed E-state index contributed by atoms with van der Waals surface area (Å²) in [6.07, 6.45) is 7.07. The van der Waals surface area contributed by atoms with Gasteiger partial charge in [-0.2, -0.15) is 0 Å². The molecule has 4 nitrogen and oxygen atoms in total. The zero-order chi connectivity index (χ0) is 15.4. The molecule has 0 aliphatic heterocycles. The van der Waals surface area contributed by atoms with Crippen LogP contribution in [0.1, 0.15) is 5.69 Å². The third kappa shape index (κ3) is 3.18. The van der Waals surface area contributed by atoms with Gasteiger partial charge in [-0.1, -0.05) is 11.6 Å². The number of halogens is 1. The maximum absolute atomic E-state index is 5.74. The Labute approximate surface area is 132 Å². The van der Waals surface area contributed by atoms with Gasteiger partial charge in [0.05, 0.1) is 11.0 Å². The van der Waals surface area contributed by atoms with E-state index >= 15 is 0 Å². The third-order valence-corrected chi connectivity index (χ3v) is 3.39. The first kappa shape index (κ1) is 14.4. The molecule has 0 radical (unpaired) electrons. The Hall–Kier alpha value is -2.59. The first-order valence-corrected chi connectivity index (χ1v) is 7.14. The summed E-state index contributed by atoms with van der Waals surface area (Å²) < 4.78 is 0. The van der Waals surface area contributed by atoms with Crippen molar-refractivity contribution >= 4 is 33.4 Å². The molecular weight excluding hydrogens is 296 g/mol. The number of aromatic nitrogens is 4. The summed E-state index contributed by atoms with van der Waals surface area (Å²) in [6, 6.07) is 11.4. The Morgan fingerprint density at radius 1 is 0.864 bits per heavy atom. The van der Waals surface area contributed by atoms with Crippen LogP contribution in [0.3, 0.4) is 0 Å². The van der Waals surface area contributed by atoms with Crippen molar-refractivity contribution in [3.63, 3.8) is 0 Å². The first-order chi connectivity index (χ1) is 10.7. The number of fused-ring (bicyclic) bond motifs is 2. The van der Waals surface area contributed by atoms with Crippen LogP contribution in [0.2, 0.25) is 5.15 Å². The highest BCUT2D eigenvalue weighted by Crippen LogP contribution is 2.16. The molecule has 4 heterocycles. The Morgan fingerprint density at radius 3 is 2.59 bits per heavy atom. The second kappa shape index (κ2) is 6.45. The molecule has 108 valence electrons. The normalized spacial score (nSPS) is 10.3. The predicted octanol–water partition coefficient (Wildman–Crippen LogP) is 4.22. The smallest absolute Gasteiger partial charge is 0.129 e. The second-order valence-corrected chi connectivity index (χ2v) is 5.06. The molecule has 4 aromatic rings. The number of nitrogens with zero attached hydrogens (tertiary/aromatic N) is 4. The van der Waals surface area contributed by atoms with Gasteiger partial charge in [0.25, 0.3) is 0 Å². The van der Waals surface area contributed by atoms with Gasteiger partial charge in [0.2, 0.25) is 0 Å². The highest BCUT2D eigenvalue weighted by Gasteiger charge is 1.98. The van der Waals surface area contributed by atoms with Gasteiger partial charge in [-0.25, -0.2) is 4.98 Å². The minimum absolute atomic E-state index is 0.521. The van der Waals surface area contributed by atoms with Crippen LogP contribution in [0, 0.1) is 6.92 Å². The molecule has 0 saturated heterocycles. The quantitative estimate of drug-likeness (QED) is 0.456. The van der Waals surface area contributed by atoms with E-state index in [0.29, 0.717) is 5.15 Å². The number of hydrogen-bond donors (Lipinski definition) is 0. The Balaban J connectivity index is 0.000000133. The van der Waals surface area contributed by atoms with Crippen LogP contribution in [-0.4, -0.2) is 19.9 Å².